The van der Waals surface area contributed by atoms with Crippen LogP contribution in [-0.4, -0.2) is 23.0 Å². The molecule has 0 fully saturated rings. The summed E-state index contributed by atoms with van der Waals surface area (Å²) in [5.41, 5.74) is 0.158. The van der Waals surface area contributed by atoms with Crippen LogP contribution >= 0.6 is 11.8 Å². The fourth-order valence-electron chi connectivity index (χ4n) is 1.35. The maximum atomic E-state index is 13.0. The van der Waals surface area contributed by atoms with Crippen molar-refractivity contribution in [2.24, 2.45) is 0 Å². The first-order chi connectivity index (χ1) is 8.15. The first-order valence-corrected chi connectivity index (χ1v) is 6.56. The van der Waals surface area contributed by atoms with Gasteiger partial charge in [-0.15, -0.1) is 0 Å². The van der Waals surface area contributed by atoms with Crippen LogP contribution in [0.25, 0.3) is 0 Å². The minimum atomic E-state index is -0.511. The van der Waals surface area contributed by atoms with E-state index in [1.165, 1.54) is 6.07 Å². The summed E-state index contributed by atoms with van der Waals surface area (Å²) in [6.07, 6.45) is 0.895. The minimum Gasteiger partial charge on any atom is -0.379 e. The van der Waals surface area contributed by atoms with Crippen molar-refractivity contribution in [1.82, 2.24) is 0 Å². The Hall–Kier alpha value is -1.30. The zero-order chi connectivity index (χ0) is 12.7. The molecule has 0 unspecified atom stereocenters. The number of nitrogens with zero attached hydrogens (tertiary/aromatic N) is 1. The summed E-state index contributed by atoms with van der Waals surface area (Å²) in [7, 11) is 0. The lowest BCUT2D eigenvalue weighted by atomic mass is 10.2. The predicted octanol–water partition coefficient (Wildman–Crippen LogP) is 3.29. The predicted molar refractivity (Wildman–Crippen MR) is 69.2 cm³/mol. The van der Waals surface area contributed by atoms with Crippen LogP contribution in [0.15, 0.2) is 18.2 Å². The van der Waals surface area contributed by atoms with Gasteiger partial charge in [-0.05, 0) is 24.0 Å². The van der Waals surface area contributed by atoms with E-state index in [9.17, 15) is 14.5 Å². The SMILES string of the molecule is CCSCCCNc1cc(F)ccc1[N+](=O)[O-]. The number of nitrogens with one attached hydrogen (secondary N) is 1. The molecule has 0 saturated heterocycles. The third kappa shape index (κ3) is 4.60. The molecule has 17 heavy (non-hydrogen) atoms. The quantitative estimate of drug-likeness (QED) is 0.463. The van der Waals surface area contributed by atoms with Crippen molar-refractivity contribution < 1.29 is 9.31 Å². The first kappa shape index (κ1) is 13.8. The van der Waals surface area contributed by atoms with Gasteiger partial charge in [0, 0.05) is 18.7 Å². The van der Waals surface area contributed by atoms with E-state index >= 15 is 0 Å². The Bertz CT molecular complexity index is 388. The molecule has 0 aliphatic rings. The number of hydrogen-bond donors (Lipinski definition) is 1. The molecule has 1 aromatic rings. The van der Waals surface area contributed by atoms with Gasteiger partial charge >= 0.3 is 0 Å². The highest BCUT2D eigenvalue weighted by Crippen LogP contribution is 2.24. The normalized spacial score (nSPS) is 10.2. The van der Waals surface area contributed by atoms with Gasteiger partial charge in [-0.3, -0.25) is 10.1 Å². The lowest BCUT2D eigenvalue weighted by molar-refractivity contribution is -0.384. The van der Waals surface area contributed by atoms with Gasteiger partial charge in [-0.1, -0.05) is 6.92 Å². The number of halogens is 1. The average Bonchev–Trinajstić information content (AvgIpc) is 2.28. The summed E-state index contributed by atoms with van der Waals surface area (Å²) in [6, 6.07) is 3.43. The summed E-state index contributed by atoms with van der Waals surface area (Å²) < 4.78 is 13.0. The van der Waals surface area contributed by atoms with Gasteiger partial charge in [0.15, 0.2) is 0 Å². The van der Waals surface area contributed by atoms with Crippen LogP contribution in [0.5, 0.6) is 0 Å². The molecule has 1 rings (SSSR count). The number of nitro benzene ring substituents is 1. The lowest BCUT2D eigenvalue weighted by Crippen LogP contribution is -2.05. The molecule has 0 heterocycles. The molecule has 0 radical (unpaired) electrons. The Morgan fingerprint density at radius 3 is 2.94 bits per heavy atom. The average molecular weight is 258 g/mol. The molecule has 0 aliphatic heterocycles. The molecule has 0 bridgehead atoms. The number of rotatable bonds is 7. The third-order valence-corrected chi connectivity index (χ3v) is 3.13. The topological polar surface area (TPSA) is 55.2 Å². The van der Waals surface area contributed by atoms with Crippen molar-refractivity contribution in [3.63, 3.8) is 0 Å². The second-order valence-electron chi connectivity index (χ2n) is 3.40. The number of hydrogen-bond acceptors (Lipinski definition) is 4. The maximum absolute atomic E-state index is 13.0. The number of thioether (sulfide) groups is 1. The van der Waals surface area contributed by atoms with Gasteiger partial charge in [-0.2, -0.15) is 11.8 Å². The largest absolute Gasteiger partial charge is 0.379 e. The lowest BCUT2D eigenvalue weighted by Gasteiger charge is -2.06. The van der Waals surface area contributed by atoms with Gasteiger partial charge in [0.2, 0.25) is 0 Å². The first-order valence-electron chi connectivity index (χ1n) is 5.40. The molecule has 1 aromatic carbocycles. The van der Waals surface area contributed by atoms with Crippen molar-refractivity contribution in [2.75, 3.05) is 23.4 Å². The summed E-state index contributed by atoms with van der Waals surface area (Å²) >= 11 is 1.81. The van der Waals surface area contributed by atoms with Gasteiger partial charge in [0.05, 0.1) is 4.92 Å². The van der Waals surface area contributed by atoms with Crippen LogP contribution in [0.1, 0.15) is 13.3 Å². The van der Waals surface area contributed by atoms with Gasteiger partial charge in [0.25, 0.3) is 5.69 Å². The molecular formula is C11H15FN2O2S. The van der Waals surface area contributed by atoms with E-state index in [-0.39, 0.29) is 11.4 Å². The van der Waals surface area contributed by atoms with Crippen LogP contribution in [0.2, 0.25) is 0 Å². The summed E-state index contributed by atoms with van der Waals surface area (Å²) in [4.78, 5) is 10.2. The molecule has 1 N–H and O–H groups in total. The summed E-state index contributed by atoms with van der Waals surface area (Å²) in [5, 5.41) is 13.6. The van der Waals surface area contributed by atoms with Crippen LogP contribution in [0, 0.1) is 15.9 Å². The summed E-state index contributed by atoms with van der Waals surface area (Å²) in [6.45, 7) is 2.69. The Morgan fingerprint density at radius 1 is 1.53 bits per heavy atom. The number of anilines is 1. The number of benzene rings is 1. The highest BCUT2D eigenvalue weighted by Gasteiger charge is 2.13. The zero-order valence-electron chi connectivity index (χ0n) is 9.61. The van der Waals surface area contributed by atoms with E-state index < -0.39 is 10.7 Å². The van der Waals surface area contributed by atoms with Gasteiger partial charge in [-0.25, -0.2) is 4.39 Å². The van der Waals surface area contributed by atoms with E-state index in [1.807, 2.05) is 11.8 Å². The van der Waals surface area contributed by atoms with Crippen molar-refractivity contribution in [3.8, 4) is 0 Å². The minimum absolute atomic E-state index is 0.0884. The second-order valence-corrected chi connectivity index (χ2v) is 4.79. The van der Waals surface area contributed by atoms with E-state index in [0.717, 1.165) is 30.1 Å². The standard InChI is InChI=1S/C11H15FN2O2S/c1-2-17-7-3-6-13-10-8-9(12)4-5-11(10)14(15)16/h4-5,8,13H,2-3,6-7H2,1H3. The van der Waals surface area contributed by atoms with Gasteiger partial charge < -0.3 is 5.32 Å². The second kappa shape index (κ2) is 7.11. The summed E-state index contributed by atoms with van der Waals surface area (Å²) in [5.74, 6) is 1.58. The van der Waals surface area contributed by atoms with Crippen LogP contribution in [0.4, 0.5) is 15.8 Å². The Balaban J connectivity index is 2.56. The number of nitro groups is 1. The van der Waals surface area contributed by atoms with E-state index in [1.54, 1.807) is 0 Å². The van der Waals surface area contributed by atoms with E-state index in [4.69, 9.17) is 0 Å². The molecular weight excluding hydrogens is 243 g/mol. The molecule has 0 atom stereocenters. The zero-order valence-corrected chi connectivity index (χ0v) is 10.4. The Labute approximate surface area is 104 Å². The Kier molecular flexibility index (Phi) is 5.76. The van der Waals surface area contributed by atoms with Crippen LogP contribution in [-0.2, 0) is 0 Å². The van der Waals surface area contributed by atoms with E-state index in [2.05, 4.69) is 12.2 Å². The van der Waals surface area contributed by atoms with E-state index in [0.29, 0.717) is 6.54 Å². The van der Waals surface area contributed by atoms with Crippen LogP contribution in [0.3, 0.4) is 0 Å². The molecule has 0 amide bonds. The molecule has 0 saturated carbocycles. The molecule has 0 aromatic heterocycles. The van der Waals surface area contributed by atoms with Crippen molar-refractivity contribution in [2.45, 2.75) is 13.3 Å². The highest BCUT2D eigenvalue weighted by molar-refractivity contribution is 7.99. The van der Waals surface area contributed by atoms with Crippen molar-refractivity contribution in [1.29, 1.82) is 0 Å². The highest BCUT2D eigenvalue weighted by atomic mass is 32.2. The molecule has 6 heteroatoms. The van der Waals surface area contributed by atoms with Crippen molar-refractivity contribution >= 4 is 23.1 Å². The smallest absolute Gasteiger partial charge is 0.292 e. The third-order valence-electron chi connectivity index (χ3n) is 2.14. The molecule has 0 spiro atoms. The monoisotopic (exact) mass is 258 g/mol. The van der Waals surface area contributed by atoms with Crippen LogP contribution < -0.4 is 5.32 Å². The molecule has 4 nitrogen and oxygen atoms in total. The Morgan fingerprint density at radius 2 is 2.29 bits per heavy atom. The maximum Gasteiger partial charge on any atom is 0.292 e. The van der Waals surface area contributed by atoms with Gasteiger partial charge in [0.1, 0.15) is 11.5 Å². The van der Waals surface area contributed by atoms with Crippen molar-refractivity contribution in [3.05, 3.63) is 34.1 Å². The fraction of sp³-hybridized carbons (Fsp3) is 0.455. The molecule has 94 valence electrons. The molecule has 0 aliphatic carbocycles. The fourth-order valence-corrected chi connectivity index (χ4v) is 1.99.